The highest BCUT2D eigenvalue weighted by molar-refractivity contribution is 9.10. The topological polar surface area (TPSA) is 24.9 Å². The maximum Gasteiger partial charge on any atom is 0.184 e. The number of benzene rings is 2. The summed E-state index contributed by atoms with van der Waals surface area (Å²) >= 11 is 5.07. The number of anilines is 1. The van der Waals surface area contributed by atoms with E-state index < -0.39 is 0 Å². The normalized spacial score (nSPS) is 11.0. The van der Waals surface area contributed by atoms with Gasteiger partial charge in [-0.05, 0) is 48.7 Å². The van der Waals surface area contributed by atoms with Gasteiger partial charge in [-0.15, -0.1) is 0 Å². The van der Waals surface area contributed by atoms with Crippen LogP contribution in [0.25, 0.3) is 10.2 Å². The lowest BCUT2D eigenvalue weighted by Crippen LogP contribution is -2.01. The van der Waals surface area contributed by atoms with Gasteiger partial charge in [-0.2, -0.15) is 0 Å². The van der Waals surface area contributed by atoms with Crippen molar-refractivity contribution in [2.45, 2.75) is 20.4 Å². The van der Waals surface area contributed by atoms with E-state index in [2.05, 4.69) is 32.3 Å². The van der Waals surface area contributed by atoms with E-state index in [1.165, 1.54) is 0 Å². The van der Waals surface area contributed by atoms with Crippen LogP contribution in [0.1, 0.15) is 16.7 Å². The minimum Gasteiger partial charge on any atom is -0.357 e. The maximum absolute atomic E-state index is 13.6. The second-order valence-electron chi connectivity index (χ2n) is 5.03. The molecule has 2 nitrogen and oxygen atoms in total. The number of hydrogen-bond donors (Lipinski definition) is 1. The van der Waals surface area contributed by atoms with Crippen molar-refractivity contribution in [3.8, 4) is 0 Å². The molecule has 0 unspecified atom stereocenters. The SMILES string of the molecule is Cc1cc(CNc2nc3cc(Br)ccc3s2)cc(C)c1F. The van der Waals surface area contributed by atoms with Gasteiger partial charge in [-0.1, -0.05) is 39.4 Å². The molecule has 5 heteroatoms. The highest BCUT2D eigenvalue weighted by atomic mass is 79.9. The average Bonchev–Trinajstić information content (AvgIpc) is 2.84. The number of fused-ring (bicyclic) bond motifs is 1. The van der Waals surface area contributed by atoms with Crippen molar-refractivity contribution in [1.29, 1.82) is 0 Å². The summed E-state index contributed by atoms with van der Waals surface area (Å²) < 4.78 is 15.8. The third kappa shape index (κ3) is 3.09. The van der Waals surface area contributed by atoms with Crippen LogP contribution in [0.2, 0.25) is 0 Å². The molecule has 0 saturated heterocycles. The number of thiazole rings is 1. The summed E-state index contributed by atoms with van der Waals surface area (Å²) in [6.07, 6.45) is 0. The molecule has 2 aromatic carbocycles. The van der Waals surface area contributed by atoms with Crippen molar-refractivity contribution < 1.29 is 4.39 Å². The summed E-state index contributed by atoms with van der Waals surface area (Å²) in [6.45, 7) is 4.23. The largest absolute Gasteiger partial charge is 0.357 e. The van der Waals surface area contributed by atoms with Gasteiger partial charge in [-0.3, -0.25) is 0 Å². The third-order valence-electron chi connectivity index (χ3n) is 3.29. The van der Waals surface area contributed by atoms with Gasteiger partial charge >= 0.3 is 0 Å². The molecule has 0 atom stereocenters. The predicted octanol–water partition coefficient (Wildman–Crippen LogP) is 5.43. The first-order valence-corrected chi connectivity index (χ1v) is 8.19. The molecule has 0 aliphatic carbocycles. The molecule has 0 bridgehead atoms. The molecule has 0 aliphatic heterocycles. The first-order chi connectivity index (χ1) is 10.0. The van der Waals surface area contributed by atoms with Crippen molar-refractivity contribution in [1.82, 2.24) is 4.98 Å². The van der Waals surface area contributed by atoms with Crippen LogP contribution in [-0.4, -0.2) is 4.98 Å². The second kappa shape index (κ2) is 5.73. The predicted molar refractivity (Wildman–Crippen MR) is 90.5 cm³/mol. The summed E-state index contributed by atoms with van der Waals surface area (Å²) in [4.78, 5) is 4.55. The monoisotopic (exact) mass is 364 g/mol. The standard InChI is InChI=1S/C16H14BrFN2S/c1-9-5-11(6-10(2)15(9)18)8-19-16-20-13-7-12(17)3-4-14(13)21-16/h3-7H,8H2,1-2H3,(H,19,20). The molecule has 3 aromatic rings. The van der Waals surface area contributed by atoms with Crippen molar-refractivity contribution in [3.63, 3.8) is 0 Å². The molecule has 3 rings (SSSR count). The Hall–Kier alpha value is -1.46. The number of aryl methyl sites for hydroxylation is 2. The Labute approximate surface area is 135 Å². The highest BCUT2D eigenvalue weighted by Gasteiger charge is 2.06. The quantitative estimate of drug-likeness (QED) is 0.670. The molecule has 0 amide bonds. The Morgan fingerprint density at radius 1 is 1.19 bits per heavy atom. The van der Waals surface area contributed by atoms with Crippen molar-refractivity contribution in [3.05, 3.63) is 57.3 Å². The summed E-state index contributed by atoms with van der Waals surface area (Å²) in [5.41, 5.74) is 3.40. The van der Waals surface area contributed by atoms with Gasteiger partial charge in [0.1, 0.15) is 5.82 Å². The lowest BCUT2D eigenvalue weighted by Gasteiger charge is -2.07. The van der Waals surface area contributed by atoms with Crippen LogP contribution in [0.3, 0.4) is 0 Å². The van der Waals surface area contributed by atoms with Crippen molar-refractivity contribution in [2.75, 3.05) is 5.32 Å². The highest BCUT2D eigenvalue weighted by Crippen LogP contribution is 2.28. The molecule has 108 valence electrons. The number of halogens is 2. The van der Waals surface area contributed by atoms with Crippen LogP contribution >= 0.6 is 27.3 Å². The molecule has 1 aromatic heterocycles. The first-order valence-electron chi connectivity index (χ1n) is 6.58. The Kier molecular flexibility index (Phi) is 3.95. The van der Waals surface area contributed by atoms with E-state index in [1.54, 1.807) is 25.2 Å². The molecular weight excluding hydrogens is 351 g/mol. The van der Waals surface area contributed by atoms with E-state index >= 15 is 0 Å². The van der Waals surface area contributed by atoms with E-state index in [1.807, 2.05) is 24.3 Å². The lowest BCUT2D eigenvalue weighted by molar-refractivity contribution is 0.608. The van der Waals surface area contributed by atoms with Gasteiger partial charge in [-0.25, -0.2) is 9.37 Å². The average molecular weight is 365 g/mol. The van der Waals surface area contributed by atoms with Gasteiger partial charge < -0.3 is 5.32 Å². The van der Waals surface area contributed by atoms with Crippen molar-refractivity contribution in [2.24, 2.45) is 0 Å². The fraction of sp³-hybridized carbons (Fsp3) is 0.188. The molecule has 1 heterocycles. The molecule has 0 fully saturated rings. The Bertz CT molecular complexity index is 790. The molecule has 1 N–H and O–H groups in total. The van der Waals surface area contributed by atoms with Gasteiger partial charge in [0.15, 0.2) is 5.13 Å². The van der Waals surface area contributed by atoms with Crippen LogP contribution in [0.5, 0.6) is 0 Å². The fourth-order valence-electron chi connectivity index (χ4n) is 2.29. The van der Waals surface area contributed by atoms with E-state index in [9.17, 15) is 4.39 Å². The van der Waals surface area contributed by atoms with Gasteiger partial charge in [0.25, 0.3) is 0 Å². The minimum atomic E-state index is -0.122. The minimum absolute atomic E-state index is 0.122. The van der Waals surface area contributed by atoms with Crippen LogP contribution < -0.4 is 5.32 Å². The van der Waals surface area contributed by atoms with Crippen LogP contribution in [0.15, 0.2) is 34.8 Å². The zero-order valence-electron chi connectivity index (χ0n) is 11.7. The zero-order chi connectivity index (χ0) is 15.0. The zero-order valence-corrected chi connectivity index (χ0v) is 14.1. The summed E-state index contributed by atoms with van der Waals surface area (Å²) in [5.74, 6) is -0.122. The smallest absolute Gasteiger partial charge is 0.184 e. The number of aromatic nitrogens is 1. The summed E-state index contributed by atoms with van der Waals surface area (Å²) in [7, 11) is 0. The van der Waals surface area contributed by atoms with Gasteiger partial charge in [0, 0.05) is 11.0 Å². The van der Waals surface area contributed by atoms with E-state index in [-0.39, 0.29) is 5.82 Å². The fourth-order valence-corrected chi connectivity index (χ4v) is 3.48. The Balaban J connectivity index is 1.80. The maximum atomic E-state index is 13.6. The van der Waals surface area contributed by atoms with Gasteiger partial charge in [0.05, 0.1) is 10.2 Å². The summed E-state index contributed by atoms with van der Waals surface area (Å²) in [6, 6.07) is 9.81. The van der Waals surface area contributed by atoms with E-state index in [0.717, 1.165) is 25.4 Å². The molecule has 0 aliphatic rings. The number of nitrogens with one attached hydrogen (secondary N) is 1. The lowest BCUT2D eigenvalue weighted by atomic mass is 10.1. The number of hydrogen-bond acceptors (Lipinski definition) is 3. The number of nitrogens with zero attached hydrogens (tertiary/aromatic N) is 1. The van der Waals surface area contributed by atoms with Crippen LogP contribution in [-0.2, 0) is 6.54 Å². The van der Waals surface area contributed by atoms with E-state index in [0.29, 0.717) is 17.7 Å². The Morgan fingerprint density at radius 2 is 1.90 bits per heavy atom. The van der Waals surface area contributed by atoms with Gasteiger partial charge in [0.2, 0.25) is 0 Å². The Morgan fingerprint density at radius 3 is 2.62 bits per heavy atom. The molecular formula is C16H14BrFN2S. The molecule has 0 radical (unpaired) electrons. The van der Waals surface area contributed by atoms with Crippen molar-refractivity contribution >= 4 is 42.6 Å². The molecule has 21 heavy (non-hydrogen) atoms. The first kappa shape index (κ1) is 14.5. The summed E-state index contributed by atoms with van der Waals surface area (Å²) in [5, 5.41) is 4.19. The molecule has 0 saturated carbocycles. The van der Waals surface area contributed by atoms with Crippen LogP contribution in [0, 0.1) is 19.7 Å². The molecule has 0 spiro atoms. The third-order valence-corrected chi connectivity index (χ3v) is 4.78. The second-order valence-corrected chi connectivity index (χ2v) is 6.97. The van der Waals surface area contributed by atoms with E-state index in [4.69, 9.17) is 0 Å². The van der Waals surface area contributed by atoms with Crippen LogP contribution in [0.4, 0.5) is 9.52 Å². The number of rotatable bonds is 3.